The lowest BCUT2D eigenvalue weighted by atomic mass is 9.92. The maximum atomic E-state index is 12.7. The molecule has 2 heterocycles. The topological polar surface area (TPSA) is 127 Å². The first kappa shape index (κ1) is 17.8. The largest absolute Gasteiger partial charge is 0.348 e. The molecule has 9 nitrogen and oxygen atoms in total. The molecule has 2 aromatic heterocycles. The molecule has 0 aliphatic heterocycles. The lowest BCUT2D eigenvalue weighted by Gasteiger charge is -2.15. The van der Waals surface area contributed by atoms with E-state index in [4.69, 9.17) is 0 Å². The summed E-state index contributed by atoms with van der Waals surface area (Å²) in [5.74, 6) is 0.114. The number of benzene rings is 1. The van der Waals surface area contributed by atoms with Crippen LogP contribution in [0.5, 0.6) is 0 Å². The first-order chi connectivity index (χ1) is 12.2. The predicted molar refractivity (Wildman–Crippen MR) is 98.1 cm³/mol. The van der Waals surface area contributed by atoms with Gasteiger partial charge in [-0.1, -0.05) is 13.8 Å². The number of aromatic nitrogens is 4. The third kappa shape index (κ3) is 3.36. The normalized spacial score (nSPS) is 11.8. The molecular weight excluding hydrogens is 358 g/mol. The van der Waals surface area contributed by atoms with Crippen LogP contribution in [0.1, 0.15) is 25.3 Å². The summed E-state index contributed by atoms with van der Waals surface area (Å²) in [7, 11) is -3.80. The highest BCUT2D eigenvalue weighted by Gasteiger charge is 2.16. The molecule has 0 spiro atoms. The van der Waals surface area contributed by atoms with Crippen molar-refractivity contribution in [3.05, 3.63) is 57.0 Å². The second-order valence-electron chi connectivity index (χ2n) is 6.21. The Balaban J connectivity index is 2.37. The average Bonchev–Trinajstić information content (AvgIpc) is 2.57. The fraction of sp³-hybridized carbons (Fsp3) is 0.250. The summed E-state index contributed by atoms with van der Waals surface area (Å²) in [6.45, 7) is 3.98. The van der Waals surface area contributed by atoms with Gasteiger partial charge in [0.1, 0.15) is 0 Å². The van der Waals surface area contributed by atoms with Gasteiger partial charge >= 0.3 is 5.69 Å². The van der Waals surface area contributed by atoms with Gasteiger partial charge < -0.3 is 4.98 Å². The van der Waals surface area contributed by atoms with E-state index in [1.807, 2.05) is 18.7 Å². The highest BCUT2D eigenvalue weighted by atomic mass is 32.2. The maximum absolute atomic E-state index is 12.7. The fourth-order valence-electron chi connectivity index (χ4n) is 2.71. The van der Waals surface area contributed by atoms with Crippen LogP contribution in [0.2, 0.25) is 0 Å². The van der Waals surface area contributed by atoms with Crippen LogP contribution in [0, 0.1) is 0 Å². The quantitative estimate of drug-likeness (QED) is 0.693. The molecule has 0 bridgehead atoms. The van der Waals surface area contributed by atoms with E-state index in [0.29, 0.717) is 10.2 Å². The summed E-state index contributed by atoms with van der Waals surface area (Å²) in [6.07, 6.45) is 3.98. The van der Waals surface area contributed by atoms with Crippen molar-refractivity contribution < 1.29 is 8.42 Å². The number of H-pyrrole nitrogens is 1. The van der Waals surface area contributed by atoms with E-state index in [9.17, 15) is 18.0 Å². The first-order valence-corrected chi connectivity index (χ1v) is 9.64. The number of hydrogen-bond acceptors (Lipinski definition) is 6. The Morgan fingerprint density at radius 1 is 1.19 bits per heavy atom. The van der Waals surface area contributed by atoms with Gasteiger partial charge in [0.25, 0.3) is 5.56 Å². The molecule has 10 heteroatoms. The summed E-state index contributed by atoms with van der Waals surface area (Å²) in [5.41, 5.74) is 1.15. The number of nitrogens with one attached hydrogen (secondary N) is 2. The SMILES string of the molecule is CC(C)c1cc2[nH]c(=O)n(NS(C)(=O)=O)c(=O)c2cc1-c1ccnnc1. The van der Waals surface area contributed by atoms with Crippen molar-refractivity contribution in [2.45, 2.75) is 19.8 Å². The third-order valence-electron chi connectivity index (χ3n) is 3.84. The van der Waals surface area contributed by atoms with Crippen molar-refractivity contribution >= 4 is 20.9 Å². The zero-order valence-electron chi connectivity index (χ0n) is 14.3. The van der Waals surface area contributed by atoms with Gasteiger partial charge in [-0.3, -0.25) is 4.79 Å². The van der Waals surface area contributed by atoms with Crippen LogP contribution >= 0.6 is 0 Å². The minimum atomic E-state index is -3.80. The van der Waals surface area contributed by atoms with Crippen LogP contribution in [-0.4, -0.2) is 34.5 Å². The van der Waals surface area contributed by atoms with Gasteiger partial charge in [-0.25, -0.2) is 18.0 Å². The molecule has 0 aliphatic carbocycles. The molecule has 1 aromatic carbocycles. The summed E-state index contributed by atoms with van der Waals surface area (Å²) >= 11 is 0. The van der Waals surface area contributed by atoms with Crippen molar-refractivity contribution in [3.63, 3.8) is 0 Å². The van der Waals surface area contributed by atoms with Crippen molar-refractivity contribution in [2.24, 2.45) is 0 Å². The second-order valence-corrected chi connectivity index (χ2v) is 7.93. The van der Waals surface area contributed by atoms with Crippen LogP contribution in [0.15, 0.2) is 40.2 Å². The Bertz CT molecular complexity index is 1200. The molecule has 26 heavy (non-hydrogen) atoms. The van der Waals surface area contributed by atoms with Gasteiger partial charge in [-0.2, -0.15) is 14.9 Å². The van der Waals surface area contributed by atoms with E-state index in [2.05, 4.69) is 15.2 Å². The Hall–Kier alpha value is -3.01. The monoisotopic (exact) mass is 375 g/mol. The van der Waals surface area contributed by atoms with Gasteiger partial charge in [0.05, 0.1) is 29.6 Å². The lowest BCUT2D eigenvalue weighted by Crippen LogP contribution is -2.43. The predicted octanol–water partition coefficient (Wildman–Crippen LogP) is 0.773. The number of aromatic amines is 1. The minimum Gasteiger partial charge on any atom is -0.305 e. The second kappa shape index (κ2) is 6.37. The van der Waals surface area contributed by atoms with Gasteiger partial charge in [0.15, 0.2) is 0 Å². The molecule has 0 fully saturated rings. The molecular formula is C16H17N5O4S. The number of fused-ring (bicyclic) bond motifs is 1. The van der Waals surface area contributed by atoms with Gasteiger partial charge in [-0.15, -0.1) is 0 Å². The number of hydrogen-bond donors (Lipinski definition) is 2. The molecule has 0 aliphatic rings. The van der Waals surface area contributed by atoms with Crippen molar-refractivity contribution in [1.29, 1.82) is 0 Å². The third-order valence-corrected chi connectivity index (χ3v) is 4.36. The summed E-state index contributed by atoms with van der Waals surface area (Å²) in [4.78, 5) is 29.3. The van der Waals surface area contributed by atoms with E-state index < -0.39 is 21.3 Å². The summed E-state index contributed by atoms with van der Waals surface area (Å²) in [6, 6.07) is 5.11. The highest BCUT2D eigenvalue weighted by Crippen LogP contribution is 2.31. The van der Waals surface area contributed by atoms with Crippen molar-refractivity contribution in [1.82, 2.24) is 19.9 Å². The van der Waals surface area contributed by atoms with Crippen LogP contribution in [0.3, 0.4) is 0 Å². The zero-order chi connectivity index (χ0) is 19.1. The van der Waals surface area contributed by atoms with E-state index in [-0.39, 0.29) is 11.3 Å². The average molecular weight is 375 g/mol. The van der Waals surface area contributed by atoms with Crippen LogP contribution < -0.4 is 16.1 Å². The Morgan fingerprint density at radius 3 is 2.50 bits per heavy atom. The smallest absolute Gasteiger partial charge is 0.305 e. The van der Waals surface area contributed by atoms with E-state index in [1.165, 1.54) is 0 Å². The van der Waals surface area contributed by atoms with Gasteiger partial charge in [0, 0.05) is 5.56 Å². The molecule has 3 aromatic rings. The molecule has 3 rings (SSSR count). The number of nitrogens with zero attached hydrogens (tertiary/aromatic N) is 3. The minimum absolute atomic E-state index is 0.114. The van der Waals surface area contributed by atoms with E-state index in [0.717, 1.165) is 22.9 Å². The number of rotatable bonds is 4. The molecule has 0 unspecified atom stereocenters. The maximum Gasteiger partial charge on any atom is 0.348 e. The molecule has 0 atom stereocenters. The van der Waals surface area contributed by atoms with Crippen LogP contribution in [-0.2, 0) is 10.0 Å². The summed E-state index contributed by atoms with van der Waals surface area (Å²) in [5, 5.41) is 7.79. The van der Waals surface area contributed by atoms with Crippen molar-refractivity contribution in [3.8, 4) is 11.1 Å². The molecule has 0 radical (unpaired) electrons. The Labute approximate surface area is 148 Å². The lowest BCUT2D eigenvalue weighted by molar-refractivity contribution is 0.598. The van der Waals surface area contributed by atoms with E-state index in [1.54, 1.807) is 30.6 Å². The molecule has 0 amide bonds. The van der Waals surface area contributed by atoms with Gasteiger partial charge in [-0.05, 0) is 35.2 Å². The Kier molecular flexibility index (Phi) is 4.36. The van der Waals surface area contributed by atoms with Crippen LogP contribution in [0.4, 0.5) is 0 Å². The summed E-state index contributed by atoms with van der Waals surface area (Å²) < 4.78 is 23.3. The Morgan fingerprint density at radius 2 is 1.92 bits per heavy atom. The standard InChI is InChI=1S/C16H17N5O4S/c1-9(2)11-7-14-13(6-12(11)10-4-5-17-18-8-10)15(22)21(16(23)19-14)20-26(3,24)25/h4-9,20H,1-3H3,(H,19,23). The van der Waals surface area contributed by atoms with E-state index >= 15 is 0 Å². The molecule has 136 valence electrons. The van der Waals surface area contributed by atoms with Gasteiger partial charge in [0.2, 0.25) is 10.0 Å². The molecule has 0 saturated carbocycles. The fourth-order valence-corrected chi connectivity index (χ4v) is 3.20. The highest BCUT2D eigenvalue weighted by molar-refractivity contribution is 7.91. The molecule has 0 saturated heterocycles. The first-order valence-electron chi connectivity index (χ1n) is 7.75. The number of sulfonamides is 1. The van der Waals surface area contributed by atoms with Crippen LogP contribution in [0.25, 0.3) is 22.0 Å². The molecule has 2 N–H and O–H groups in total. The van der Waals surface area contributed by atoms with Crippen molar-refractivity contribution in [2.75, 3.05) is 11.1 Å². The zero-order valence-corrected chi connectivity index (χ0v) is 15.2.